The fourth-order valence-electron chi connectivity index (χ4n) is 0.902. The molecule has 66 valence electrons. The topological polar surface area (TPSA) is 22.1 Å². The van der Waals surface area contributed by atoms with E-state index < -0.39 is 0 Å². The van der Waals surface area contributed by atoms with Gasteiger partial charge in [-0.3, -0.25) is 0 Å². The van der Waals surface area contributed by atoms with E-state index in [1.807, 2.05) is 12.1 Å². The first-order chi connectivity index (χ1) is 5.65. The van der Waals surface area contributed by atoms with Crippen LogP contribution >= 0.6 is 11.6 Å². The lowest BCUT2D eigenvalue weighted by Gasteiger charge is -2.07. The van der Waals surface area contributed by atoms with Gasteiger partial charge in [0.05, 0.1) is 7.11 Å². The average Bonchev–Trinajstić information content (AvgIpc) is 2.05. The van der Waals surface area contributed by atoms with Gasteiger partial charge in [-0.1, -0.05) is 25.4 Å². The molecule has 2 nitrogen and oxygen atoms in total. The summed E-state index contributed by atoms with van der Waals surface area (Å²) in [7, 11) is 1.57. The summed E-state index contributed by atoms with van der Waals surface area (Å²) in [5.74, 6) is 0.902. The van der Waals surface area contributed by atoms with Crippen molar-refractivity contribution in [2.75, 3.05) is 7.11 Å². The summed E-state index contributed by atoms with van der Waals surface area (Å²) in [4.78, 5) is 4.24. The molecule has 0 spiro atoms. The van der Waals surface area contributed by atoms with E-state index in [1.54, 1.807) is 7.11 Å². The number of nitrogens with zero attached hydrogens (tertiary/aromatic N) is 1. The van der Waals surface area contributed by atoms with Crippen LogP contribution in [0.25, 0.3) is 0 Å². The Hall–Kier alpha value is -0.760. The summed E-state index contributed by atoms with van der Waals surface area (Å²) >= 11 is 5.81. The van der Waals surface area contributed by atoms with Crippen LogP contribution in [0.15, 0.2) is 12.1 Å². The van der Waals surface area contributed by atoms with Crippen molar-refractivity contribution in [3.8, 4) is 5.88 Å². The molecule has 0 bridgehead atoms. The lowest BCUT2D eigenvalue weighted by atomic mass is 10.1. The van der Waals surface area contributed by atoms with Gasteiger partial charge in [0.1, 0.15) is 5.02 Å². The molecule has 1 heterocycles. The van der Waals surface area contributed by atoms with Crippen LogP contribution < -0.4 is 4.74 Å². The van der Waals surface area contributed by atoms with E-state index in [0.29, 0.717) is 16.8 Å². The Kier molecular flexibility index (Phi) is 2.93. The monoisotopic (exact) mass is 185 g/mol. The highest BCUT2D eigenvalue weighted by molar-refractivity contribution is 6.31. The first kappa shape index (κ1) is 9.33. The molecular weight excluding hydrogens is 174 g/mol. The van der Waals surface area contributed by atoms with Crippen LogP contribution in [0.3, 0.4) is 0 Å². The van der Waals surface area contributed by atoms with Crippen molar-refractivity contribution < 1.29 is 4.74 Å². The standard InChI is InChI=1S/C9H12ClNO/c1-6(2)8-5-4-7(10)9(11-8)12-3/h4-6H,1-3H3. The maximum absolute atomic E-state index is 5.81. The van der Waals surface area contributed by atoms with Gasteiger partial charge in [-0.25, -0.2) is 4.98 Å². The third-order valence-corrected chi connectivity index (χ3v) is 1.91. The number of pyridine rings is 1. The highest BCUT2D eigenvalue weighted by Crippen LogP contribution is 2.23. The summed E-state index contributed by atoms with van der Waals surface area (Å²) in [6.45, 7) is 4.16. The third kappa shape index (κ3) is 1.89. The fourth-order valence-corrected chi connectivity index (χ4v) is 1.08. The molecule has 0 saturated carbocycles. The van der Waals surface area contributed by atoms with E-state index in [4.69, 9.17) is 16.3 Å². The normalized spacial score (nSPS) is 10.4. The summed E-state index contributed by atoms with van der Waals surface area (Å²) < 4.78 is 4.99. The zero-order valence-electron chi connectivity index (χ0n) is 7.47. The molecule has 12 heavy (non-hydrogen) atoms. The van der Waals surface area contributed by atoms with Gasteiger partial charge in [-0.2, -0.15) is 0 Å². The summed E-state index contributed by atoms with van der Waals surface area (Å²) in [5, 5.41) is 0.557. The molecule has 0 aromatic carbocycles. The molecule has 1 aromatic rings. The molecule has 0 amide bonds. The van der Waals surface area contributed by atoms with Gasteiger partial charge in [0.2, 0.25) is 5.88 Å². The van der Waals surface area contributed by atoms with Crippen LogP contribution in [-0.4, -0.2) is 12.1 Å². The number of hydrogen-bond donors (Lipinski definition) is 0. The summed E-state index contributed by atoms with van der Waals surface area (Å²) in [6.07, 6.45) is 0. The molecule has 0 aliphatic carbocycles. The Morgan fingerprint density at radius 3 is 2.58 bits per heavy atom. The minimum Gasteiger partial charge on any atom is -0.480 e. The number of rotatable bonds is 2. The van der Waals surface area contributed by atoms with Gasteiger partial charge >= 0.3 is 0 Å². The number of hydrogen-bond acceptors (Lipinski definition) is 2. The zero-order valence-corrected chi connectivity index (χ0v) is 8.22. The lowest BCUT2D eigenvalue weighted by molar-refractivity contribution is 0.396. The average molecular weight is 186 g/mol. The Morgan fingerprint density at radius 1 is 1.42 bits per heavy atom. The number of halogens is 1. The Balaban J connectivity index is 3.05. The Labute approximate surface area is 77.5 Å². The van der Waals surface area contributed by atoms with E-state index in [0.717, 1.165) is 5.69 Å². The molecule has 0 aliphatic heterocycles. The second-order valence-corrected chi connectivity index (χ2v) is 3.29. The Bertz CT molecular complexity index is 273. The molecular formula is C9H12ClNO. The predicted molar refractivity (Wildman–Crippen MR) is 49.9 cm³/mol. The zero-order chi connectivity index (χ0) is 9.14. The molecule has 0 radical (unpaired) electrons. The van der Waals surface area contributed by atoms with Crippen molar-refractivity contribution in [1.82, 2.24) is 4.98 Å². The van der Waals surface area contributed by atoms with Crippen molar-refractivity contribution in [2.24, 2.45) is 0 Å². The summed E-state index contributed by atoms with van der Waals surface area (Å²) in [5.41, 5.74) is 0.997. The number of aromatic nitrogens is 1. The quantitative estimate of drug-likeness (QED) is 0.707. The second kappa shape index (κ2) is 3.76. The second-order valence-electron chi connectivity index (χ2n) is 2.88. The first-order valence-electron chi connectivity index (χ1n) is 3.85. The van der Waals surface area contributed by atoms with Crippen molar-refractivity contribution in [2.45, 2.75) is 19.8 Å². The van der Waals surface area contributed by atoms with Crippen LogP contribution in [-0.2, 0) is 0 Å². The smallest absolute Gasteiger partial charge is 0.232 e. The van der Waals surface area contributed by atoms with E-state index >= 15 is 0 Å². The number of methoxy groups -OCH3 is 1. The maximum atomic E-state index is 5.81. The third-order valence-electron chi connectivity index (χ3n) is 1.62. The molecule has 1 rings (SSSR count). The van der Waals surface area contributed by atoms with Crippen LogP contribution in [0.2, 0.25) is 5.02 Å². The van der Waals surface area contributed by atoms with Gasteiger partial charge < -0.3 is 4.74 Å². The molecule has 0 saturated heterocycles. The number of ether oxygens (including phenoxy) is 1. The molecule has 0 aliphatic rings. The van der Waals surface area contributed by atoms with Crippen LogP contribution in [0.4, 0.5) is 0 Å². The fraction of sp³-hybridized carbons (Fsp3) is 0.444. The highest BCUT2D eigenvalue weighted by Gasteiger charge is 2.05. The largest absolute Gasteiger partial charge is 0.480 e. The lowest BCUT2D eigenvalue weighted by Crippen LogP contribution is -1.95. The van der Waals surface area contributed by atoms with Crippen molar-refractivity contribution >= 4 is 11.6 Å². The van der Waals surface area contributed by atoms with Crippen LogP contribution in [0.1, 0.15) is 25.5 Å². The maximum Gasteiger partial charge on any atom is 0.232 e. The molecule has 0 unspecified atom stereocenters. The van der Waals surface area contributed by atoms with Gasteiger partial charge in [0, 0.05) is 5.69 Å². The molecule has 0 N–H and O–H groups in total. The predicted octanol–water partition coefficient (Wildman–Crippen LogP) is 2.87. The van der Waals surface area contributed by atoms with Gasteiger partial charge in [0.15, 0.2) is 0 Å². The minimum absolute atomic E-state index is 0.399. The van der Waals surface area contributed by atoms with E-state index in [-0.39, 0.29) is 0 Å². The molecule has 3 heteroatoms. The van der Waals surface area contributed by atoms with Gasteiger partial charge in [-0.05, 0) is 18.1 Å². The van der Waals surface area contributed by atoms with Crippen molar-refractivity contribution in [3.05, 3.63) is 22.8 Å². The van der Waals surface area contributed by atoms with Crippen molar-refractivity contribution in [3.63, 3.8) is 0 Å². The minimum atomic E-state index is 0.399. The molecule has 0 fully saturated rings. The Morgan fingerprint density at radius 2 is 2.08 bits per heavy atom. The van der Waals surface area contributed by atoms with Crippen LogP contribution in [0.5, 0.6) is 5.88 Å². The van der Waals surface area contributed by atoms with Gasteiger partial charge in [0.25, 0.3) is 0 Å². The van der Waals surface area contributed by atoms with E-state index in [9.17, 15) is 0 Å². The summed E-state index contributed by atoms with van der Waals surface area (Å²) in [6, 6.07) is 3.72. The van der Waals surface area contributed by atoms with E-state index in [1.165, 1.54) is 0 Å². The van der Waals surface area contributed by atoms with E-state index in [2.05, 4.69) is 18.8 Å². The molecule has 0 atom stereocenters. The van der Waals surface area contributed by atoms with Crippen molar-refractivity contribution in [1.29, 1.82) is 0 Å². The molecule has 1 aromatic heterocycles. The highest BCUT2D eigenvalue weighted by atomic mass is 35.5. The van der Waals surface area contributed by atoms with Gasteiger partial charge in [-0.15, -0.1) is 0 Å². The SMILES string of the molecule is COc1nc(C(C)C)ccc1Cl. The van der Waals surface area contributed by atoms with Crippen LogP contribution in [0, 0.1) is 0 Å². The first-order valence-corrected chi connectivity index (χ1v) is 4.23.